The number of amides is 1. The maximum Gasteiger partial charge on any atom is 0.272 e. The van der Waals surface area contributed by atoms with Crippen LogP contribution in [0.4, 0.5) is 5.69 Å². The maximum atomic E-state index is 12.9. The highest BCUT2D eigenvalue weighted by atomic mass is 16.2. The SMILES string of the molecule is CC(C)n1nccc1C(=O)N1CCN(c2c(C#N)cnc3ccccc23)CC1. The predicted molar refractivity (Wildman–Crippen MR) is 107 cm³/mol. The number of hydrogen-bond donors (Lipinski definition) is 0. The van der Waals surface area contributed by atoms with E-state index in [9.17, 15) is 10.1 Å². The molecule has 2 aromatic heterocycles. The summed E-state index contributed by atoms with van der Waals surface area (Å²) in [6.45, 7) is 6.57. The highest BCUT2D eigenvalue weighted by Crippen LogP contribution is 2.30. The number of fused-ring (bicyclic) bond motifs is 1. The number of pyridine rings is 1. The third kappa shape index (κ3) is 3.07. The number of benzene rings is 1. The van der Waals surface area contributed by atoms with E-state index in [0.717, 1.165) is 16.6 Å². The minimum absolute atomic E-state index is 0.00550. The Balaban J connectivity index is 1.57. The molecule has 0 N–H and O–H groups in total. The molecule has 3 aromatic rings. The topological polar surface area (TPSA) is 78.0 Å². The van der Waals surface area contributed by atoms with Gasteiger partial charge < -0.3 is 9.80 Å². The molecule has 142 valence electrons. The van der Waals surface area contributed by atoms with Crippen molar-refractivity contribution in [3.63, 3.8) is 0 Å². The van der Waals surface area contributed by atoms with Gasteiger partial charge in [-0.1, -0.05) is 18.2 Å². The Morgan fingerprint density at radius 3 is 2.61 bits per heavy atom. The highest BCUT2D eigenvalue weighted by molar-refractivity contribution is 5.95. The lowest BCUT2D eigenvalue weighted by atomic mass is 10.1. The van der Waals surface area contributed by atoms with Gasteiger partial charge in [-0.2, -0.15) is 10.4 Å². The largest absolute Gasteiger partial charge is 0.366 e. The molecule has 1 amide bonds. The van der Waals surface area contributed by atoms with Crippen LogP contribution in [-0.2, 0) is 0 Å². The van der Waals surface area contributed by atoms with Gasteiger partial charge >= 0.3 is 0 Å². The maximum absolute atomic E-state index is 12.9. The second-order valence-corrected chi connectivity index (χ2v) is 7.18. The Morgan fingerprint density at radius 2 is 1.89 bits per heavy atom. The average molecular weight is 374 g/mol. The van der Waals surface area contributed by atoms with E-state index in [1.807, 2.05) is 43.0 Å². The van der Waals surface area contributed by atoms with Crippen LogP contribution in [0.3, 0.4) is 0 Å². The number of piperazine rings is 1. The standard InChI is InChI=1S/C21H22N6O/c1-15(2)27-19(7-8-24-27)21(28)26-11-9-25(10-12-26)20-16(13-22)14-23-18-6-4-3-5-17(18)20/h3-8,14-15H,9-12H2,1-2H3. The summed E-state index contributed by atoms with van der Waals surface area (Å²) in [5.41, 5.74) is 2.97. The molecule has 0 spiro atoms. The molecule has 0 saturated carbocycles. The number of anilines is 1. The molecule has 0 aliphatic carbocycles. The molecular formula is C21H22N6O. The molecule has 7 heteroatoms. The molecular weight excluding hydrogens is 352 g/mol. The van der Waals surface area contributed by atoms with E-state index in [1.54, 1.807) is 23.1 Å². The third-order valence-corrected chi connectivity index (χ3v) is 5.13. The van der Waals surface area contributed by atoms with Crippen LogP contribution in [0, 0.1) is 11.3 Å². The molecule has 4 rings (SSSR count). The average Bonchev–Trinajstić information content (AvgIpc) is 3.23. The van der Waals surface area contributed by atoms with Crippen molar-refractivity contribution in [3.05, 3.63) is 54.0 Å². The van der Waals surface area contributed by atoms with Crippen LogP contribution in [-0.4, -0.2) is 51.8 Å². The smallest absolute Gasteiger partial charge is 0.272 e. The summed E-state index contributed by atoms with van der Waals surface area (Å²) in [5.74, 6) is 0.00550. The minimum Gasteiger partial charge on any atom is -0.366 e. The van der Waals surface area contributed by atoms with Crippen molar-refractivity contribution in [3.8, 4) is 6.07 Å². The molecule has 1 fully saturated rings. The van der Waals surface area contributed by atoms with Crippen molar-refractivity contribution in [2.45, 2.75) is 19.9 Å². The van der Waals surface area contributed by atoms with Crippen molar-refractivity contribution >= 4 is 22.5 Å². The first-order valence-corrected chi connectivity index (χ1v) is 9.45. The summed E-state index contributed by atoms with van der Waals surface area (Å²) in [7, 11) is 0. The monoisotopic (exact) mass is 374 g/mol. The summed E-state index contributed by atoms with van der Waals surface area (Å²) in [6, 6.07) is 12.0. The summed E-state index contributed by atoms with van der Waals surface area (Å²) in [4.78, 5) is 21.4. The van der Waals surface area contributed by atoms with Crippen LogP contribution in [0.5, 0.6) is 0 Å². The molecule has 1 aromatic carbocycles. The molecule has 28 heavy (non-hydrogen) atoms. The predicted octanol–water partition coefficient (Wildman–Crippen LogP) is 2.85. The first-order valence-electron chi connectivity index (χ1n) is 9.45. The van der Waals surface area contributed by atoms with Gasteiger partial charge in [0.1, 0.15) is 11.8 Å². The summed E-state index contributed by atoms with van der Waals surface area (Å²) in [6.07, 6.45) is 3.31. The quantitative estimate of drug-likeness (QED) is 0.704. The number of para-hydroxylation sites is 1. The molecule has 0 bridgehead atoms. The van der Waals surface area contributed by atoms with Crippen LogP contribution in [0.2, 0.25) is 0 Å². The van der Waals surface area contributed by atoms with E-state index in [4.69, 9.17) is 0 Å². The van der Waals surface area contributed by atoms with Crippen molar-refractivity contribution < 1.29 is 4.79 Å². The van der Waals surface area contributed by atoms with Gasteiger partial charge in [0.25, 0.3) is 5.91 Å². The molecule has 7 nitrogen and oxygen atoms in total. The van der Waals surface area contributed by atoms with Crippen molar-refractivity contribution in [2.24, 2.45) is 0 Å². The molecule has 1 aliphatic heterocycles. The lowest BCUT2D eigenvalue weighted by molar-refractivity contribution is 0.0732. The van der Waals surface area contributed by atoms with Gasteiger partial charge in [-0.15, -0.1) is 0 Å². The Labute approximate surface area is 163 Å². The van der Waals surface area contributed by atoms with Gasteiger partial charge in [-0.05, 0) is 26.0 Å². The number of aromatic nitrogens is 3. The summed E-state index contributed by atoms with van der Waals surface area (Å²) >= 11 is 0. The van der Waals surface area contributed by atoms with Crippen LogP contribution >= 0.6 is 0 Å². The Morgan fingerprint density at radius 1 is 1.14 bits per heavy atom. The van der Waals surface area contributed by atoms with Crippen LogP contribution < -0.4 is 4.90 Å². The molecule has 0 unspecified atom stereocenters. The van der Waals surface area contributed by atoms with Crippen molar-refractivity contribution in [1.82, 2.24) is 19.7 Å². The van der Waals surface area contributed by atoms with E-state index in [2.05, 4.69) is 21.1 Å². The number of carbonyl (C=O) groups excluding carboxylic acids is 1. The van der Waals surface area contributed by atoms with Gasteiger partial charge in [0, 0.05) is 50.0 Å². The molecule has 0 atom stereocenters. The molecule has 3 heterocycles. The van der Waals surface area contributed by atoms with Crippen molar-refractivity contribution in [2.75, 3.05) is 31.1 Å². The van der Waals surface area contributed by atoms with E-state index in [-0.39, 0.29) is 11.9 Å². The van der Waals surface area contributed by atoms with E-state index in [1.165, 1.54) is 0 Å². The molecule has 1 saturated heterocycles. The first-order chi connectivity index (χ1) is 13.6. The van der Waals surface area contributed by atoms with Gasteiger partial charge in [-0.25, -0.2) is 0 Å². The zero-order chi connectivity index (χ0) is 19.7. The Bertz CT molecular complexity index is 1060. The molecule has 1 aliphatic rings. The second kappa shape index (κ2) is 7.31. The highest BCUT2D eigenvalue weighted by Gasteiger charge is 2.27. The van der Waals surface area contributed by atoms with E-state index in [0.29, 0.717) is 37.4 Å². The third-order valence-electron chi connectivity index (χ3n) is 5.13. The lowest BCUT2D eigenvalue weighted by Crippen LogP contribution is -2.49. The van der Waals surface area contributed by atoms with Gasteiger partial charge in [0.05, 0.1) is 16.8 Å². The van der Waals surface area contributed by atoms with E-state index >= 15 is 0 Å². The summed E-state index contributed by atoms with van der Waals surface area (Å²) in [5, 5.41) is 14.8. The normalized spacial score (nSPS) is 14.5. The zero-order valence-corrected chi connectivity index (χ0v) is 16.0. The zero-order valence-electron chi connectivity index (χ0n) is 16.0. The number of rotatable bonds is 3. The van der Waals surface area contributed by atoms with Gasteiger partial charge in [-0.3, -0.25) is 14.5 Å². The van der Waals surface area contributed by atoms with Crippen LogP contribution in [0.1, 0.15) is 35.9 Å². The lowest BCUT2D eigenvalue weighted by Gasteiger charge is -2.37. The van der Waals surface area contributed by atoms with Crippen LogP contribution in [0.15, 0.2) is 42.7 Å². The Hall–Kier alpha value is -3.40. The van der Waals surface area contributed by atoms with Crippen LogP contribution in [0.25, 0.3) is 10.9 Å². The van der Waals surface area contributed by atoms with E-state index < -0.39 is 0 Å². The van der Waals surface area contributed by atoms with Gasteiger partial charge in [0.2, 0.25) is 0 Å². The minimum atomic E-state index is 0.00550. The number of nitrogens with zero attached hydrogens (tertiary/aromatic N) is 6. The summed E-state index contributed by atoms with van der Waals surface area (Å²) < 4.78 is 1.76. The van der Waals surface area contributed by atoms with Crippen molar-refractivity contribution in [1.29, 1.82) is 5.26 Å². The number of hydrogen-bond acceptors (Lipinski definition) is 5. The first kappa shape index (κ1) is 18.0. The second-order valence-electron chi connectivity index (χ2n) is 7.18. The fourth-order valence-corrected chi connectivity index (χ4v) is 3.74. The Kier molecular flexibility index (Phi) is 4.70. The van der Waals surface area contributed by atoms with Gasteiger partial charge in [0.15, 0.2) is 0 Å². The number of carbonyl (C=O) groups is 1. The fourth-order valence-electron chi connectivity index (χ4n) is 3.74. The molecule has 0 radical (unpaired) electrons. The number of nitriles is 1. The fraction of sp³-hybridized carbons (Fsp3) is 0.333.